The number of rotatable bonds is 6. The minimum absolute atomic E-state index is 0.144. The lowest BCUT2D eigenvalue weighted by atomic mass is 10.1. The molecule has 0 atom stereocenters. The van der Waals surface area contributed by atoms with Gasteiger partial charge in [0.15, 0.2) is 6.29 Å². The number of aldehydes is 1. The predicted octanol–water partition coefficient (Wildman–Crippen LogP) is 3.17. The second kappa shape index (κ2) is 6.57. The van der Waals surface area contributed by atoms with E-state index in [1.807, 2.05) is 0 Å². The molecule has 0 saturated carbocycles. The second-order valence-electron chi connectivity index (χ2n) is 4.34. The number of benzene rings is 2. The van der Waals surface area contributed by atoms with Crippen LogP contribution in [0.3, 0.4) is 0 Å². The summed E-state index contributed by atoms with van der Waals surface area (Å²) in [6.07, 6.45) is 0.561. The number of carbonyl (C=O) groups is 1. The molecule has 7 nitrogen and oxygen atoms in total. The normalized spacial score (nSPS) is 9.91. The Hall–Kier alpha value is -3.09. The molecule has 0 heterocycles. The summed E-state index contributed by atoms with van der Waals surface area (Å²) in [5.74, 6) is 1.15. The van der Waals surface area contributed by atoms with Crippen LogP contribution in [-0.4, -0.2) is 25.4 Å². The zero-order valence-electron chi connectivity index (χ0n) is 12.0. The van der Waals surface area contributed by atoms with Crippen molar-refractivity contribution in [3.05, 3.63) is 52.1 Å². The second-order valence-corrected chi connectivity index (χ2v) is 4.34. The first-order valence-corrected chi connectivity index (χ1v) is 6.31. The van der Waals surface area contributed by atoms with Crippen LogP contribution >= 0.6 is 0 Å². The van der Waals surface area contributed by atoms with Gasteiger partial charge in [0, 0.05) is 29.4 Å². The van der Waals surface area contributed by atoms with E-state index in [2.05, 4.69) is 5.32 Å². The van der Waals surface area contributed by atoms with Crippen molar-refractivity contribution in [3.63, 3.8) is 0 Å². The van der Waals surface area contributed by atoms with Gasteiger partial charge in [-0.2, -0.15) is 0 Å². The molecule has 0 fully saturated rings. The SMILES string of the molecule is COc1ccc(Nc2ccc([N+](=O)[O-])cc2C=O)c(OC)c1. The highest BCUT2D eigenvalue weighted by Crippen LogP contribution is 2.33. The molecular weight excluding hydrogens is 288 g/mol. The van der Waals surface area contributed by atoms with Crippen LogP contribution in [0.4, 0.5) is 17.1 Å². The van der Waals surface area contributed by atoms with Crippen LogP contribution in [0.1, 0.15) is 10.4 Å². The zero-order valence-corrected chi connectivity index (χ0v) is 12.0. The number of nitrogens with zero attached hydrogens (tertiary/aromatic N) is 1. The molecule has 7 heteroatoms. The van der Waals surface area contributed by atoms with Crippen LogP contribution in [0.5, 0.6) is 11.5 Å². The third kappa shape index (κ3) is 3.14. The van der Waals surface area contributed by atoms with Crippen molar-refractivity contribution in [2.75, 3.05) is 19.5 Å². The maximum absolute atomic E-state index is 11.1. The molecule has 2 aromatic rings. The van der Waals surface area contributed by atoms with Crippen LogP contribution < -0.4 is 14.8 Å². The molecule has 0 unspecified atom stereocenters. The monoisotopic (exact) mass is 302 g/mol. The Morgan fingerprint density at radius 1 is 1.09 bits per heavy atom. The molecule has 2 aromatic carbocycles. The molecule has 114 valence electrons. The lowest BCUT2D eigenvalue weighted by molar-refractivity contribution is -0.384. The number of nitrogens with one attached hydrogen (secondary N) is 1. The molecule has 0 spiro atoms. The van der Waals surface area contributed by atoms with E-state index < -0.39 is 4.92 Å². The number of hydrogen-bond acceptors (Lipinski definition) is 6. The first-order valence-electron chi connectivity index (χ1n) is 6.31. The Balaban J connectivity index is 2.38. The van der Waals surface area contributed by atoms with Gasteiger partial charge in [0.25, 0.3) is 5.69 Å². The van der Waals surface area contributed by atoms with Gasteiger partial charge in [-0.1, -0.05) is 0 Å². The fraction of sp³-hybridized carbons (Fsp3) is 0.133. The topological polar surface area (TPSA) is 90.7 Å². The molecule has 1 N–H and O–H groups in total. The van der Waals surface area contributed by atoms with E-state index in [9.17, 15) is 14.9 Å². The lowest BCUT2D eigenvalue weighted by Gasteiger charge is -2.13. The summed E-state index contributed by atoms with van der Waals surface area (Å²) in [6.45, 7) is 0. The Morgan fingerprint density at radius 3 is 2.41 bits per heavy atom. The maximum atomic E-state index is 11.1. The van der Waals surface area contributed by atoms with E-state index in [1.165, 1.54) is 25.3 Å². The van der Waals surface area contributed by atoms with Crippen molar-refractivity contribution in [2.24, 2.45) is 0 Å². The van der Waals surface area contributed by atoms with Crippen LogP contribution in [0.25, 0.3) is 0 Å². The number of anilines is 2. The Morgan fingerprint density at radius 2 is 1.82 bits per heavy atom. The van der Waals surface area contributed by atoms with Gasteiger partial charge in [0.05, 0.1) is 24.8 Å². The van der Waals surface area contributed by atoms with Gasteiger partial charge in [0.2, 0.25) is 0 Å². The van der Waals surface area contributed by atoms with E-state index in [-0.39, 0.29) is 11.3 Å². The van der Waals surface area contributed by atoms with Crippen LogP contribution in [0.15, 0.2) is 36.4 Å². The Kier molecular flexibility index (Phi) is 4.57. The summed E-state index contributed by atoms with van der Waals surface area (Å²) in [7, 11) is 3.05. The first kappa shape index (κ1) is 15.3. The summed E-state index contributed by atoms with van der Waals surface area (Å²) in [6, 6.07) is 9.17. The van der Waals surface area contributed by atoms with Gasteiger partial charge in [-0.3, -0.25) is 14.9 Å². The highest BCUT2D eigenvalue weighted by Gasteiger charge is 2.12. The maximum Gasteiger partial charge on any atom is 0.270 e. The lowest BCUT2D eigenvalue weighted by Crippen LogP contribution is -1.99. The van der Waals surface area contributed by atoms with Crippen molar-refractivity contribution < 1.29 is 19.2 Å². The van der Waals surface area contributed by atoms with E-state index >= 15 is 0 Å². The number of methoxy groups -OCH3 is 2. The summed E-state index contributed by atoms with van der Waals surface area (Å²) < 4.78 is 10.4. The van der Waals surface area contributed by atoms with E-state index in [0.717, 1.165) is 0 Å². The third-order valence-electron chi connectivity index (χ3n) is 3.05. The summed E-state index contributed by atoms with van der Waals surface area (Å²) in [5, 5.41) is 13.8. The standard InChI is InChI=1S/C15H14N2O5/c1-21-12-4-6-14(15(8-12)22-2)16-13-5-3-11(17(19)20)7-10(13)9-18/h3-9,16H,1-2H3. The van der Waals surface area contributed by atoms with Gasteiger partial charge in [-0.05, 0) is 18.2 Å². The number of non-ortho nitro benzene ring substituents is 1. The van der Waals surface area contributed by atoms with Gasteiger partial charge < -0.3 is 14.8 Å². The minimum atomic E-state index is -0.551. The molecular formula is C15H14N2O5. The quantitative estimate of drug-likeness (QED) is 0.500. The van der Waals surface area contributed by atoms with Gasteiger partial charge in [0.1, 0.15) is 11.5 Å². The Bertz CT molecular complexity index is 715. The van der Waals surface area contributed by atoms with E-state index in [4.69, 9.17) is 9.47 Å². The van der Waals surface area contributed by atoms with Crippen molar-refractivity contribution in [2.45, 2.75) is 0 Å². The fourth-order valence-corrected chi connectivity index (χ4v) is 1.92. The highest BCUT2D eigenvalue weighted by molar-refractivity contribution is 5.87. The zero-order chi connectivity index (χ0) is 16.1. The molecule has 22 heavy (non-hydrogen) atoms. The van der Waals surface area contributed by atoms with Crippen LogP contribution in [0, 0.1) is 10.1 Å². The van der Waals surface area contributed by atoms with Gasteiger partial charge in [-0.15, -0.1) is 0 Å². The van der Waals surface area contributed by atoms with Gasteiger partial charge >= 0.3 is 0 Å². The number of ether oxygens (including phenoxy) is 2. The van der Waals surface area contributed by atoms with E-state index in [1.54, 1.807) is 25.3 Å². The molecule has 0 saturated heterocycles. The van der Waals surface area contributed by atoms with Crippen molar-refractivity contribution in [1.29, 1.82) is 0 Å². The number of nitro groups is 1. The average molecular weight is 302 g/mol. The van der Waals surface area contributed by atoms with Crippen LogP contribution in [-0.2, 0) is 0 Å². The van der Waals surface area contributed by atoms with Crippen molar-refractivity contribution in [3.8, 4) is 11.5 Å². The van der Waals surface area contributed by atoms with Crippen molar-refractivity contribution in [1.82, 2.24) is 0 Å². The largest absolute Gasteiger partial charge is 0.497 e. The van der Waals surface area contributed by atoms with Crippen LogP contribution in [0.2, 0.25) is 0 Å². The smallest absolute Gasteiger partial charge is 0.270 e. The number of hydrogen-bond donors (Lipinski definition) is 1. The Labute approximate surface area is 126 Å². The molecule has 0 aliphatic rings. The van der Waals surface area contributed by atoms with E-state index in [0.29, 0.717) is 29.2 Å². The summed E-state index contributed by atoms with van der Waals surface area (Å²) >= 11 is 0. The number of nitro benzene ring substituents is 1. The fourth-order valence-electron chi connectivity index (χ4n) is 1.92. The minimum Gasteiger partial charge on any atom is -0.497 e. The highest BCUT2D eigenvalue weighted by atomic mass is 16.6. The first-order chi connectivity index (χ1) is 10.6. The predicted molar refractivity (Wildman–Crippen MR) is 81.3 cm³/mol. The molecule has 0 amide bonds. The molecule has 0 aliphatic heterocycles. The molecule has 0 bridgehead atoms. The number of carbonyl (C=O) groups excluding carboxylic acids is 1. The molecule has 0 radical (unpaired) electrons. The average Bonchev–Trinajstić information content (AvgIpc) is 2.55. The molecule has 0 aliphatic carbocycles. The molecule has 0 aromatic heterocycles. The molecule has 2 rings (SSSR count). The van der Waals surface area contributed by atoms with Gasteiger partial charge in [-0.25, -0.2) is 0 Å². The third-order valence-corrected chi connectivity index (χ3v) is 3.05. The summed E-state index contributed by atoms with van der Waals surface area (Å²) in [4.78, 5) is 21.3. The summed E-state index contributed by atoms with van der Waals surface area (Å²) in [5.41, 5.74) is 1.10. The van der Waals surface area contributed by atoms with Crippen molar-refractivity contribution >= 4 is 23.3 Å².